The van der Waals surface area contributed by atoms with Gasteiger partial charge in [0.2, 0.25) is 0 Å². The molecule has 3 unspecified atom stereocenters. The van der Waals surface area contributed by atoms with Crippen LogP contribution >= 0.6 is 0 Å². The fraction of sp³-hybridized carbons (Fsp3) is 1.00. The first-order chi connectivity index (χ1) is 8.49. The minimum Gasteiger partial charge on any atom is -0.374 e. The predicted molar refractivity (Wildman–Crippen MR) is 60.7 cm³/mol. The Morgan fingerprint density at radius 1 is 1.44 bits per heavy atom. The lowest BCUT2D eigenvalue weighted by atomic mass is 10.0. The van der Waals surface area contributed by atoms with Crippen molar-refractivity contribution in [2.24, 2.45) is 5.84 Å². The monoisotopic (exact) mass is 267 g/mol. The van der Waals surface area contributed by atoms with Crippen molar-refractivity contribution in [3.8, 4) is 0 Å². The molecule has 7 heteroatoms. The minimum atomic E-state index is -4.14. The lowest BCUT2D eigenvalue weighted by Gasteiger charge is -2.38. The van der Waals surface area contributed by atoms with Crippen molar-refractivity contribution in [2.45, 2.75) is 50.0 Å². The van der Waals surface area contributed by atoms with Gasteiger partial charge in [0.05, 0.1) is 12.7 Å². The van der Waals surface area contributed by atoms with E-state index in [1.165, 1.54) is 0 Å². The van der Waals surface area contributed by atoms with Gasteiger partial charge < -0.3 is 4.74 Å². The molecule has 3 N–H and O–H groups in total. The van der Waals surface area contributed by atoms with E-state index in [0.29, 0.717) is 19.2 Å². The molecule has 2 fully saturated rings. The molecule has 18 heavy (non-hydrogen) atoms. The molecule has 3 atom stereocenters. The molecule has 4 nitrogen and oxygen atoms in total. The van der Waals surface area contributed by atoms with Gasteiger partial charge >= 0.3 is 6.18 Å². The number of hydrogen-bond donors (Lipinski definition) is 2. The van der Waals surface area contributed by atoms with E-state index < -0.39 is 18.6 Å². The summed E-state index contributed by atoms with van der Waals surface area (Å²) in [6.45, 7) is 2.30. The van der Waals surface area contributed by atoms with Crippen LogP contribution in [0, 0.1) is 0 Å². The molecule has 0 saturated carbocycles. The number of morpholine rings is 1. The second-order valence-corrected chi connectivity index (χ2v) is 5.09. The van der Waals surface area contributed by atoms with Gasteiger partial charge in [0.15, 0.2) is 0 Å². The molecular weight excluding hydrogens is 247 g/mol. The predicted octanol–water partition coefficient (Wildman–Crippen LogP) is 1.02. The molecule has 2 rings (SSSR count). The summed E-state index contributed by atoms with van der Waals surface area (Å²) in [5.74, 6) is 5.35. The number of rotatable bonds is 4. The van der Waals surface area contributed by atoms with Crippen LogP contribution in [0.15, 0.2) is 0 Å². The number of nitrogens with one attached hydrogen (secondary N) is 1. The minimum absolute atomic E-state index is 0.0385. The summed E-state index contributed by atoms with van der Waals surface area (Å²) in [4.78, 5) is 2.30. The molecule has 0 aromatic carbocycles. The zero-order valence-corrected chi connectivity index (χ0v) is 10.2. The lowest BCUT2D eigenvalue weighted by molar-refractivity contribution is -0.140. The number of ether oxygens (including phenoxy) is 1. The first-order valence-corrected chi connectivity index (χ1v) is 6.38. The highest BCUT2D eigenvalue weighted by Crippen LogP contribution is 2.27. The van der Waals surface area contributed by atoms with Crippen LogP contribution in [-0.4, -0.2) is 49.0 Å². The molecule has 2 saturated heterocycles. The fourth-order valence-corrected chi connectivity index (χ4v) is 2.78. The highest BCUT2D eigenvalue weighted by atomic mass is 19.4. The van der Waals surface area contributed by atoms with Crippen molar-refractivity contribution < 1.29 is 17.9 Å². The SMILES string of the molecule is NNC(CCC(F)(F)F)C1CN2CCCC2CO1. The number of nitrogens with two attached hydrogens (primary N) is 1. The Morgan fingerprint density at radius 3 is 2.89 bits per heavy atom. The Bertz CT molecular complexity index is 275. The average Bonchev–Trinajstić information content (AvgIpc) is 2.75. The van der Waals surface area contributed by atoms with E-state index in [-0.39, 0.29) is 12.5 Å². The van der Waals surface area contributed by atoms with Gasteiger partial charge in [0.1, 0.15) is 0 Å². The first-order valence-electron chi connectivity index (χ1n) is 6.38. The Hall–Kier alpha value is -0.370. The van der Waals surface area contributed by atoms with Crippen molar-refractivity contribution >= 4 is 0 Å². The highest BCUT2D eigenvalue weighted by Gasteiger charge is 2.37. The zero-order chi connectivity index (χ0) is 13.2. The molecule has 106 valence electrons. The molecule has 0 aliphatic carbocycles. The molecule has 0 amide bonds. The quantitative estimate of drug-likeness (QED) is 0.590. The molecule has 0 aromatic rings. The van der Waals surface area contributed by atoms with Gasteiger partial charge in [0.25, 0.3) is 0 Å². The summed E-state index contributed by atoms with van der Waals surface area (Å²) >= 11 is 0. The number of halogens is 3. The van der Waals surface area contributed by atoms with E-state index >= 15 is 0 Å². The van der Waals surface area contributed by atoms with E-state index in [9.17, 15) is 13.2 Å². The number of hydrazine groups is 1. The largest absolute Gasteiger partial charge is 0.389 e. The standard InChI is InChI=1S/C11H20F3N3O/c12-11(13,14)4-3-9(16-15)10-6-17-5-1-2-8(17)7-18-10/h8-10,16H,1-7,15H2. The maximum Gasteiger partial charge on any atom is 0.389 e. The van der Waals surface area contributed by atoms with Crippen molar-refractivity contribution in [3.05, 3.63) is 0 Å². The van der Waals surface area contributed by atoms with Crippen LogP contribution in [0.2, 0.25) is 0 Å². The smallest absolute Gasteiger partial charge is 0.374 e. The normalized spacial score (nSPS) is 31.3. The average molecular weight is 267 g/mol. The van der Waals surface area contributed by atoms with E-state index in [1.54, 1.807) is 0 Å². The van der Waals surface area contributed by atoms with Crippen LogP contribution in [0.25, 0.3) is 0 Å². The topological polar surface area (TPSA) is 50.5 Å². The van der Waals surface area contributed by atoms with Crippen molar-refractivity contribution in [1.29, 1.82) is 0 Å². The number of fused-ring (bicyclic) bond motifs is 1. The second kappa shape index (κ2) is 5.73. The molecule has 2 heterocycles. The Labute approximate surface area is 105 Å². The van der Waals surface area contributed by atoms with Crippen molar-refractivity contribution in [2.75, 3.05) is 19.7 Å². The van der Waals surface area contributed by atoms with Crippen LogP contribution < -0.4 is 11.3 Å². The number of nitrogens with zero attached hydrogens (tertiary/aromatic N) is 1. The second-order valence-electron chi connectivity index (χ2n) is 5.09. The van der Waals surface area contributed by atoms with E-state index in [0.717, 1.165) is 19.4 Å². The number of alkyl halides is 3. The third-order valence-corrected chi connectivity index (χ3v) is 3.82. The van der Waals surface area contributed by atoms with Crippen LogP contribution in [0.5, 0.6) is 0 Å². The maximum atomic E-state index is 12.2. The van der Waals surface area contributed by atoms with Crippen molar-refractivity contribution in [3.63, 3.8) is 0 Å². The van der Waals surface area contributed by atoms with Gasteiger partial charge in [-0.05, 0) is 25.8 Å². The Morgan fingerprint density at radius 2 is 2.22 bits per heavy atom. The molecule has 0 aromatic heterocycles. The molecule has 2 aliphatic heterocycles. The van der Waals surface area contributed by atoms with Crippen LogP contribution in [0.4, 0.5) is 13.2 Å². The summed E-state index contributed by atoms with van der Waals surface area (Å²) in [7, 11) is 0. The summed E-state index contributed by atoms with van der Waals surface area (Å²) in [6, 6.07) is 0.00969. The summed E-state index contributed by atoms with van der Waals surface area (Å²) in [5.41, 5.74) is 2.47. The van der Waals surface area contributed by atoms with Gasteiger partial charge in [-0.25, -0.2) is 0 Å². The fourth-order valence-electron chi connectivity index (χ4n) is 2.78. The Kier molecular flexibility index (Phi) is 4.47. The summed E-state index contributed by atoms with van der Waals surface area (Å²) < 4.78 is 42.3. The number of hydrogen-bond acceptors (Lipinski definition) is 4. The third-order valence-electron chi connectivity index (χ3n) is 3.82. The Balaban J connectivity index is 1.84. The van der Waals surface area contributed by atoms with Gasteiger partial charge in [-0.3, -0.25) is 16.2 Å². The van der Waals surface area contributed by atoms with E-state index in [4.69, 9.17) is 10.6 Å². The van der Waals surface area contributed by atoms with Crippen molar-refractivity contribution in [1.82, 2.24) is 10.3 Å². The van der Waals surface area contributed by atoms with Crippen LogP contribution in [-0.2, 0) is 4.74 Å². The molecule has 0 bridgehead atoms. The summed E-state index contributed by atoms with van der Waals surface area (Å²) in [5, 5.41) is 0. The lowest BCUT2D eigenvalue weighted by Crippen LogP contribution is -2.55. The van der Waals surface area contributed by atoms with E-state index in [1.807, 2.05) is 0 Å². The maximum absolute atomic E-state index is 12.2. The molecule has 0 spiro atoms. The molecule has 0 radical (unpaired) electrons. The van der Waals surface area contributed by atoms with Crippen LogP contribution in [0.1, 0.15) is 25.7 Å². The van der Waals surface area contributed by atoms with Gasteiger partial charge in [-0.2, -0.15) is 13.2 Å². The zero-order valence-electron chi connectivity index (χ0n) is 10.2. The van der Waals surface area contributed by atoms with Gasteiger partial charge in [-0.1, -0.05) is 0 Å². The van der Waals surface area contributed by atoms with Crippen LogP contribution in [0.3, 0.4) is 0 Å². The molecular formula is C11H20F3N3O. The molecule has 2 aliphatic rings. The summed E-state index contributed by atoms with van der Waals surface area (Å²) in [6.07, 6.45) is -2.99. The first kappa shape index (κ1) is 14.0. The third kappa shape index (κ3) is 3.57. The van der Waals surface area contributed by atoms with E-state index in [2.05, 4.69) is 10.3 Å². The van der Waals surface area contributed by atoms with Gasteiger partial charge in [-0.15, -0.1) is 0 Å². The highest BCUT2D eigenvalue weighted by molar-refractivity contribution is 4.89. The van der Waals surface area contributed by atoms with Gasteiger partial charge in [0, 0.05) is 25.0 Å².